The summed E-state index contributed by atoms with van der Waals surface area (Å²) in [6.07, 6.45) is 0. The summed E-state index contributed by atoms with van der Waals surface area (Å²) in [7, 11) is 0. The van der Waals surface area contributed by atoms with Crippen LogP contribution in [0.1, 0.15) is 15.9 Å². The van der Waals surface area contributed by atoms with Crippen molar-refractivity contribution in [3.05, 3.63) is 59.7 Å². The van der Waals surface area contributed by atoms with Crippen LogP contribution in [0.3, 0.4) is 0 Å². The van der Waals surface area contributed by atoms with Crippen LogP contribution in [0.2, 0.25) is 0 Å². The molecule has 0 atom stereocenters. The molecule has 4 heteroatoms. The quantitative estimate of drug-likeness (QED) is 0.671. The number of carbonyl (C=O) groups is 1. The lowest BCUT2D eigenvalue weighted by molar-refractivity contribution is 0.100. The number of rotatable bonds is 1. The topological polar surface area (TPSA) is 89.3 Å². The average molecular weight is 244 g/mol. The monoisotopic (exact) mass is 244 g/mol. The van der Waals surface area contributed by atoms with E-state index in [9.17, 15) is 4.79 Å². The Kier molecular flexibility index (Phi) is 4.75. The number of hydrogen-bond acceptors (Lipinski definition) is 3. The number of phenols is 1. The second kappa shape index (κ2) is 6.30. The largest absolute Gasteiger partial charge is 0.508 e. The van der Waals surface area contributed by atoms with Gasteiger partial charge in [-0.25, -0.2) is 0 Å². The van der Waals surface area contributed by atoms with E-state index in [0.717, 1.165) is 0 Å². The lowest BCUT2D eigenvalue weighted by Gasteiger charge is -1.93. The molecule has 0 fully saturated rings. The predicted octanol–water partition coefficient (Wildman–Crippen LogP) is 2.07. The Morgan fingerprint density at radius 1 is 1.00 bits per heavy atom. The standard InChI is InChI=1S/C7H8N2O.C7H8O/c8-6-3-1-5(2-4-6)7(9)10;1-6-2-4-7(8)5-3-6/h1-4H,8H2,(H2,9,10);2-5,8H,1H3. The minimum Gasteiger partial charge on any atom is -0.508 e. The van der Waals surface area contributed by atoms with Crippen molar-refractivity contribution in [3.63, 3.8) is 0 Å². The molecular weight excluding hydrogens is 228 g/mol. The highest BCUT2D eigenvalue weighted by Gasteiger charge is 1.96. The zero-order chi connectivity index (χ0) is 13.5. The van der Waals surface area contributed by atoms with Crippen LogP contribution in [0.25, 0.3) is 0 Å². The first-order valence-corrected chi connectivity index (χ1v) is 5.40. The van der Waals surface area contributed by atoms with Gasteiger partial charge in [0.15, 0.2) is 0 Å². The number of aryl methyl sites for hydroxylation is 1. The maximum atomic E-state index is 10.5. The molecule has 0 saturated heterocycles. The van der Waals surface area contributed by atoms with Crippen LogP contribution < -0.4 is 11.5 Å². The van der Waals surface area contributed by atoms with Gasteiger partial charge in [-0.2, -0.15) is 0 Å². The number of hydrogen-bond donors (Lipinski definition) is 3. The molecule has 2 rings (SSSR count). The molecule has 0 spiro atoms. The number of benzene rings is 2. The summed E-state index contributed by atoms with van der Waals surface area (Å²) in [4.78, 5) is 10.5. The number of phenolic OH excluding ortho intramolecular Hbond substituents is 1. The van der Waals surface area contributed by atoms with Crippen molar-refractivity contribution < 1.29 is 9.90 Å². The van der Waals surface area contributed by atoms with Gasteiger partial charge in [0.05, 0.1) is 0 Å². The maximum Gasteiger partial charge on any atom is 0.248 e. The molecule has 0 radical (unpaired) electrons. The van der Waals surface area contributed by atoms with Gasteiger partial charge in [-0.3, -0.25) is 4.79 Å². The van der Waals surface area contributed by atoms with Crippen LogP contribution in [0.4, 0.5) is 5.69 Å². The molecule has 0 unspecified atom stereocenters. The van der Waals surface area contributed by atoms with E-state index in [0.29, 0.717) is 17.0 Å². The Balaban J connectivity index is 0.000000184. The van der Waals surface area contributed by atoms with Crippen molar-refractivity contribution in [1.29, 1.82) is 0 Å². The van der Waals surface area contributed by atoms with E-state index in [1.54, 1.807) is 36.4 Å². The maximum absolute atomic E-state index is 10.5. The van der Waals surface area contributed by atoms with Crippen LogP contribution in [0.15, 0.2) is 48.5 Å². The van der Waals surface area contributed by atoms with E-state index in [1.165, 1.54) is 5.56 Å². The first-order chi connectivity index (χ1) is 8.49. The fourth-order valence-corrected chi connectivity index (χ4v) is 1.19. The van der Waals surface area contributed by atoms with E-state index < -0.39 is 5.91 Å². The molecule has 0 bridgehead atoms. The smallest absolute Gasteiger partial charge is 0.248 e. The highest BCUT2D eigenvalue weighted by Crippen LogP contribution is 2.07. The van der Waals surface area contributed by atoms with Crippen molar-refractivity contribution in [3.8, 4) is 5.75 Å². The summed E-state index contributed by atoms with van der Waals surface area (Å²) in [5.41, 5.74) is 12.6. The number of nitrogen functional groups attached to an aromatic ring is 1. The Bertz CT molecular complexity index is 483. The van der Waals surface area contributed by atoms with Crippen LogP contribution >= 0.6 is 0 Å². The van der Waals surface area contributed by atoms with Gasteiger partial charge in [-0.05, 0) is 43.3 Å². The van der Waals surface area contributed by atoms with Gasteiger partial charge in [0.25, 0.3) is 0 Å². The lowest BCUT2D eigenvalue weighted by atomic mass is 10.2. The minimum atomic E-state index is -0.431. The second-order valence-corrected chi connectivity index (χ2v) is 3.82. The molecule has 0 aliphatic carbocycles. The Morgan fingerprint density at radius 2 is 1.50 bits per heavy atom. The van der Waals surface area contributed by atoms with Gasteiger partial charge in [-0.1, -0.05) is 17.7 Å². The van der Waals surface area contributed by atoms with E-state index in [1.807, 2.05) is 19.1 Å². The summed E-state index contributed by atoms with van der Waals surface area (Å²) in [6, 6.07) is 13.6. The molecule has 2 aromatic carbocycles. The van der Waals surface area contributed by atoms with Crippen molar-refractivity contribution >= 4 is 11.6 Å². The summed E-state index contributed by atoms with van der Waals surface area (Å²) < 4.78 is 0. The number of carbonyl (C=O) groups excluding carboxylic acids is 1. The third kappa shape index (κ3) is 4.57. The SMILES string of the molecule is Cc1ccc(O)cc1.NC(=O)c1ccc(N)cc1. The van der Waals surface area contributed by atoms with Gasteiger partial charge in [0.1, 0.15) is 5.75 Å². The molecule has 0 aromatic heterocycles. The third-order valence-corrected chi connectivity index (χ3v) is 2.23. The van der Waals surface area contributed by atoms with Gasteiger partial charge < -0.3 is 16.6 Å². The minimum absolute atomic E-state index is 0.329. The van der Waals surface area contributed by atoms with Crippen LogP contribution in [0, 0.1) is 6.92 Å². The van der Waals surface area contributed by atoms with Crippen LogP contribution in [-0.2, 0) is 0 Å². The van der Waals surface area contributed by atoms with Crippen molar-refractivity contribution in [2.45, 2.75) is 6.92 Å². The van der Waals surface area contributed by atoms with E-state index in [2.05, 4.69) is 0 Å². The van der Waals surface area contributed by atoms with Gasteiger partial charge in [0.2, 0.25) is 5.91 Å². The lowest BCUT2D eigenvalue weighted by Crippen LogP contribution is -2.10. The highest BCUT2D eigenvalue weighted by molar-refractivity contribution is 5.92. The number of aromatic hydroxyl groups is 1. The predicted molar refractivity (Wildman–Crippen MR) is 72.2 cm³/mol. The molecule has 4 nitrogen and oxygen atoms in total. The first-order valence-electron chi connectivity index (χ1n) is 5.40. The number of primary amides is 1. The molecule has 0 saturated carbocycles. The molecule has 2 aromatic rings. The molecule has 18 heavy (non-hydrogen) atoms. The number of amides is 1. The Hall–Kier alpha value is -2.49. The van der Waals surface area contributed by atoms with Gasteiger partial charge in [-0.15, -0.1) is 0 Å². The first kappa shape index (κ1) is 13.6. The zero-order valence-corrected chi connectivity index (χ0v) is 10.1. The van der Waals surface area contributed by atoms with E-state index >= 15 is 0 Å². The van der Waals surface area contributed by atoms with Crippen molar-refractivity contribution in [2.24, 2.45) is 5.73 Å². The highest BCUT2D eigenvalue weighted by atomic mass is 16.3. The fourth-order valence-electron chi connectivity index (χ4n) is 1.19. The second-order valence-electron chi connectivity index (χ2n) is 3.82. The molecule has 0 heterocycles. The molecule has 0 aliphatic rings. The Morgan fingerprint density at radius 3 is 1.89 bits per heavy atom. The van der Waals surface area contributed by atoms with Crippen LogP contribution in [-0.4, -0.2) is 11.0 Å². The van der Waals surface area contributed by atoms with Crippen LogP contribution in [0.5, 0.6) is 5.75 Å². The number of nitrogens with two attached hydrogens (primary N) is 2. The molecule has 5 N–H and O–H groups in total. The summed E-state index contributed by atoms with van der Waals surface area (Å²) >= 11 is 0. The molecular formula is C14H16N2O2. The summed E-state index contributed by atoms with van der Waals surface area (Å²) in [5.74, 6) is -0.101. The van der Waals surface area contributed by atoms with Gasteiger partial charge in [0, 0.05) is 11.3 Å². The molecule has 94 valence electrons. The van der Waals surface area contributed by atoms with E-state index in [4.69, 9.17) is 16.6 Å². The fraction of sp³-hybridized carbons (Fsp3) is 0.0714. The summed E-state index contributed by atoms with van der Waals surface area (Å²) in [5, 5.41) is 8.76. The van der Waals surface area contributed by atoms with Crippen molar-refractivity contribution in [2.75, 3.05) is 5.73 Å². The molecule has 1 amide bonds. The third-order valence-electron chi connectivity index (χ3n) is 2.23. The Labute approximate surface area is 106 Å². The number of anilines is 1. The summed E-state index contributed by atoms with van der Waals surface area (Å²) in [6.45, 7) is 1.99. The van der Waals surface area contributed by atoms with Crippen molar-refractivity contribution in [1.82, 2.24) is 0 Å². The zero-order valence-electron chi connectivity index (χ0n) is 10.1. The van der Waals surface area contributed by atoms with E-state index in [-0.39, 0.29) is 0 Å². The molecule has 0 aliphatic heterocycles. The normalized spacial score (nSPS) is 9.17. The average Bonchev–Trinajstić information content (AvgIpc) is 2.34. The van der Waals surface area contributed by atoms with Gasteiger partial charge >= 0.3 is 0 Å².